The van der Waals surface area contributed by atoms with Crippen LogP contribution in [0.25, 0.3) is 10.9 Å². The second kappa shape index (κ2) is 9.77. The molecular weight excluding hydrogens is 478 g/mol. The lowest BCUT2D eigenvalue weighted by Crippen LogP contribution is -2.30. The molecule has 5 aromatic rings. The van der Waals surface area contributed by atoms with Gasteiger partial charge in [-0.25, -0.2) is 8.42 Å². The van der Waals surface area contributed by atoms with Gasteiger partial charge in [0.25, 0.3) is 15.9 Å². The monoisotopic (exact) mass is 501 g/mol. The Morgan fingerprint density at radius 1 is 0.829 bits per heavy atom. The van der Waals surface area contributed by atoms with E-state index in [-0.39, 0.29) is 10.1 Å². The first-order valence-corrected chi connectivity index (χ1v) is 13.4. The predicted octanol–water partition coefficient (Wildman–Crippen LogP) is 5.87. The van der Waals surface area contributed by atoms with Gasteiger partial charge in [0, 0.05) is 18.5 Å². The zero-order valence-corrected chi connectivity index (χ0v) is 20.4. The van der Waals surface area contributed by atoms with Crippen LogP contribution in [0.5, 0.6) is 0 Å². The molecule has 3 aromatic carbocycles. The number of aromatic amines is 1. The first-order chi connectivity index (χ1) is 17.0. The zero-order chi connectivity index (χ0) is 24.3. The van der Waals surface area contributed by atoms with Gasteiger partial charge in [-0.3, -0.25) is 9.52 Å². The third-order valence-corrected chi connectivity index (χ3v) is 8.37. The summed E-state index contributed by atoms with van der Waals surface area (Å²) < 4.78 is 28.4. The number of sulfonamides is 1. The second-order valence-corrected chi connectivity index (χ2v) is 11.0. The first kappa shape index (κ1) is 22.9. The van der Waals surface area contributed by atoms with Gasteiger partial charge in [-0.05, 0) is 34.7 Å². The summed E-state index contributed by atoms with van der Waals surface area (Å²) in [4.78, 5) is 18.6. The first-order valence-electron chi connectivity index (χ1n) is 11.0. The van der Waals surface area contributed by atoms with Crippen molar-refractivity contribution in [2.24, 2.45) is 0 Å². The minimum Gasteiger partial charge on any atom is -0.349 e. The number of nitrogens with zero attached hydrogens (tertiary/aromatic N) is 1. The van der Waals surface area contributed by atoms with Crippen LogP contribution in [-0.2, 0) is 23.1 Å². The molecule has 0 spiro atoms. The van der Waals surface area contributed by atoms with E-state index in [0.29, 0.717) is 30.0 Å². The maximum absolute atomic E-state index is 13.7. The van der Waals surface area contributed by atoms with Gasteiger partial charge >= 0.3 is 0 Å². The summed E-state index contributed by atoms with van der Waals surface area (Å²) in [6, 6.07) is 30.0. The summed E-state index contributed by atoms with van der Waals surface area (Å²) in [6.07, 6.45) is 0. The van der Waals surface area contributed by atoms with Crippen LogP contribution in [0, 0.1) is 0 Å². The fourth-order valence-electron chi connectivity index (χ4n) is 3.95. The van der Waals surface area contributed by atoms with Gasteiger partial charge in [0.1, 0.15) is 9.90 Å². The Morgan fingerprint density at radius 2 is 1.49 bits per heavy atom. The highest BCUT2D eigenvalue weighted by Crippen LogP contribution is 2.28. The van der Waals surface area contributed by atoms with E-state index in [2.05, 4.69) is 9.71 Å². The quantitative estimate of drug-likeness (QED) is 0.279. The van der Waals surface area contributed by atoms with Gasteiger partial charge in [-0.1, -0.05) is 78.9 Å². The normalized spacial score (nSPS) is 11.4. The Labute approximate surface area is 207 Å². The number of hydrogen-bond donors (Lipinski definition) is 2. The topological polar surface area (TPSA) is 82.3 Å². The van der Waals surface area contributed by atoms with Crippen LogP contribution in [0.3, 0.4) is 0 Å². The molecule has 1 amide bonds. The average molecular weight is 502 g/mol. The largest absolute Gasteiger partial charge is 0.349 e. The van der Waals surface area contributed by atoms with E-state index in [1.54, 1.807) is 40.6 Å². The number of aromatic nitrogens is 1. The number of thiophene rings is 1. The highest BCUT2D eigenvalue weighted by atomic mass is 32.2. The van der Waals surface area contributed by atoms with Crippen LogP contribution in [0.2, 0.25) is 0 Å². The maximum Gasteiger partial charge on any atom is 0.271 e. The summed E-state index contributed by atoms with van der Waals surface area (Å²) in [5.74, 6) is -0.166. The molecule has 0 saturated heterocycles. The Bertz CT molecular complexity index is 1500. The van der Waals surface area contributed by atoms with Crippen molar-refractivity contribution in [2.75, 3.05) is 4.72 Å². The Hall–Kier alpha value is -3.88. The number of nitrogens with one attached hydrogen (secondary N) is 2. The van der Waals surface area contributed by atoms with Crippen molar-refractivity contribution in [3.05, 3.63) is 119 Å². The van der Waals surface area contributed by atoms with Crippen molar-refractivity contribution < 1.29 is 13.2 Å². The molecule has 5 rings (SSSR count). The molecule has 8 heteroatoms. The summed E-state index contributed by atoms with van der Waals surface area (Å²) >= 11 is 1.15. The molecule has 0 atom stereocenters. The molecular formula is C27H23N3O3S2. The molecule has 0 aliphatic heterocycles. The fourth-order valence-corrected chi connectivity index (χ4v) is 6.01. The molecule has 2 heterocycles. The molecule has 0 aliphatic carbocycles. The third-order valence-electron chi connectivity index (χ3n) is 5.61. The smallest absolute Gasteiger partial charge is 0.271 e. The lowest BCUT2D eigenvalue weighted by Gasteiger charge is -2.22. The number of rotatable bonds is 8. The van der Waals surface area contributed by atoms with Gasteiger partial charge in [-0.2, -0.15) is 0 Å². The van der Waals surface area contributed by atoms with Gasteiger partial charge in [0.05, 0.1) is 11.2 Å². The average Bonchev–Trinajstić information content (AvgIpc) is 3.56. The molecule has 0 bridgehead atoms. The molecule has 2 aromatic heterocycles. The molecule has 0 unspecified atom stereocenters. The standard InChI is InChI=1S/C27H23N3O3S2/c31-27(30(18-20-9-3-1-4-10-20)19-21-11-5-2-6-12-21)24-17-22-13-7-14-23(26(22)28-24)29-35(32,33)25-15-8-16-34-25/h1-17,28-29H,18-19H2. The number of benzene rings is 3. The molecule has 0 radical (unpaired) electrons. The highest BCUT2D eigenvalue weighted by molar-refractivity contribution is 7.94. The molecule has 176 valence electrons. The Morgan fingerprint density at radius 3 is 2.09 bits per heavy atom. The Balaban J connectivity index is 1.47. The van der Waals surface area contributed by atoms with Crippen LogP contribution in [0.1, 0.15) is 21.6 Å². The maximum atomic E-state index is 13.7. The zero-order valence-electron chi connectivity index (χ0n) is 18.7. The summed E-state index contributed by atoms with van der Waals surface area (Å²) in [5.41, 5.74) is 3.41. The molecule has 35 heavy (non-hydrogen) atoms. The molecule has 2 N–H and O–H groups in total. The molecule has 0 fully saturated rings. The van der Waals surface area contributed by atoms with Crippen molar-refractivity contribution in [3.8, 4) is 0 Å². The number of para-hydroxylation sites is 1. The number of fused-ring (bicyclic) bond motifs is 1. The number of H-pyrrole nitrogens is 1. The minimum absolute atomic E-state index is 0.166. The van der Waals surface area contributed by atoms with Gasteiger partial charge in [0.15, 0.2) is 0 Å². The predicted molar refractivity (Wildman–Crippen MR) is 140 cm³/mol. The van der Waals surface area contributed by atoms with Crippen LogP contribution < -0.4 is 4.72 Å². The summed E-state index contributed by atoms with van der Waals surface area (Å²) in [6.45, 7) is 0.892. The van der Waals surface area contributed by atoms with E-state index in [1.165, 1.54) is 0 Å². The summed E-state index contributed by atoms with van der Waals surface area (Å²) in [5, 5.41) is 2.47. The summed E-state index contributed by atoms with van der Waals surface area (Å²) in [7, 11) is -3.72. The number of hydrogen-bond acceptors (Lipinski definition) is 4. The SMILES string of the molecule is O=C(c1cc2cccc(NS(=O)(=O)c3cccs3)c2[nH]1)N(Cc1ccccc1)Cc1ccccc1. The number of amides is 1. The highest BCUT2D eigenvalue weighted by Gasteiger charge is 2.21. The number of anilines is 1. The fraction of sp³-hybridized carbons (Fsp3) is 0.0741. The van der Waals surface area contributed by atoms with E-state index >= 15 is 0 Å². The Kier molecular flexibility index (Phi) is 6.39. The van der Waals surface area contributed by atoms with Crippen LogP contribution in [0.4, 0.5) is 5.69 Å². The van der Waals surface area contributed by atoms with Crippen LogP contribution in [-0.4, -0.2) is 24.2 Å². The van der Waals surface area contributed by atoms with Crippen molar-refractivity contribution in [3.63, 3.8) is 0 Å². The van der Waals surface area contributed by atoms with E-state index in [1.807, 2.05) is 66.7 Å². The van der Waals surface area contributed by atoms with Crippen LogP contribution in [0.15, 0.2) is 107 Å². The van der Waals surface area contributed by atoms with Crippen LogP contribution >= 0.6 is 11.3 Å². The number of carbonyl (C=O) groups is 1. The van der Waals surface area contributed by atoms with E-state index in [9.17, 15) is 13.2 Å². The second-order valence-electron chi connectivity index (χ2n) is 8.12. The van der Waals surface area contributed by atoms with Crippen molar-refractivity contribution in [2.45, 2.75) is 17.3 Å². The third kappa shape index (κ3) is 5.13. The van der Waals surface area contributed by atoms with Gasteiger partial charge in [-0.15, -0.1) is 11.3 Å². The molecule has 0 aliphatic rings. The molecule has 6 nitrogen and oxygen atoms in total. The van der Waals surface area contributed by atoms with Crippen molar-refractivity contribution in [1.29, 1.82) is 0 Å². The van der Waals surface area contributed by atoms with Crippen molar-refractivity contribution >= 4 is 43.9 Å². The van der Waals surface area contributed by atoms with Crippen molar-refractivity contribution in [1.82, 2.24) is 9.88 Å². The minimum atomic E-state index is -3.72. The van der Waals surface area contributed by atoms with Gasteiger partial charge < -0.3 is 9.88 Å². The van der Waals surface area contributed by atoms with E-state index in [4.69, 9.17) is 0 Å². The number of carbonyl (C=O) groups excluding carboxylic acids is 1. The van der Waals surface area contributed by atoms with Gasteiger partial charge in [0.2, 0.25) is 0 Å². The lowest BCUT2D eigenvalue weighted by atomic mass is 10.1. The molecule has 0 saturated carbocycles. The lowest BCUT2D eigenvalue weighted by molar-refractivity contribution is 0.0725. The van der Waals surface area contributed by atoms with E-state index < -0.39 is 10.0 Å². The van der Waals surface area contributed by atoms with E-state index in [0.717, 1.165) is 27.8 Å².